The number of halogens is 1. The van der Waals surface area contributed by atoms with Crippen LogP contribution in [0.25, 0.3) is 0 Å². The summed E-state index contributed by atoms with van der Waals surface area (Å²) in [5.74, 6) is 0.494. The van der Waals surface area contributed by atoms with Crippen LogP contribution in [0.2, 0.25) is 0 Å². The van der Waals surface area contributed by atoms with Gasteiger partial charge in [0.2, 0.25) is 0 Å². The van der Waals surface area contributed by atoms with Crippen molar-refractivity contribution >= 4 is 5.91 Å². The second-order valence-electron chi connectivity index (χ2n) is 7.04. The molecule has 1 aromatic rings. The van der Waals surface area contributed by atoms with Crippen molar-refractivity contribution in [1.29, 1.82) is 0 Å². The van der Waals surface area contributed by atoms with Gasteiger partial charge in [-0.3, -0.25) is 9.69 Å². The van der Waals surface area contributed by atoms with Crippen molar-refractivity contribution < 1.29 is 13.9 Å². The van der Waals surface area contributed by atoms with Crippen LogP contribution in [-0.2, 0) is 4.74 Å². The van der Waals surface area contributed by atoms with Crippen LogP contribution in [0.15, 0.2) is 24.3 Å². The minimum Gasteiger partial charge on any atom is -0.377 e. The van der Waals surface area contributed by atoms with Crippen LogP contribution in [0.1, 0.15) is 29.6 Å². The maximum Gasteiger partial charge on any atom is 0.253 e. The first-order chi connectivity index (χ1) is 11.2. The zero-order valence-electron chi connectivity index (χ0n) is 13.3. The number of fused-ring (bicyclic) bond motifs is 1. The molecule has 2 saturated heterocycles. The zero-order valence-corrected chi connectivity index (χ0v) is 13.3. The van der Waals surface area contributed by atoms with Crippen LogP contribution in [0.5, 0.6) is 0 Å². The Kier molecular flexibility index (Phi) is 4.07. The standard InChI is InChI=1S/C18H23FN2O2/c19-15-5-3-14(4-6-15)18(22)21-8-7-20-11-17(9-16(20)10-21)23-12-13-1-2-13/h3-6,13,16-17H,1-2,7-12H2/t16-,17-/m1/s1. The molecule has 124 valence electrons. The smallest absolute Gasteiger partial charge is 0.253 e. The molecular weight excluding hydrogens is 295 g/mol. The maximum atomic E-state index is 13.0. The second kappa shape index (κ2) is 6.21. The van der Waals surface area contributed by atoms with Crippen LogP contribution < -0.4 is 0 Å². The van der Waals surface area contributed by atoms with Crippen molar-refractivity contribution in [2.24, 2.45) is 5.92 Å². The van der Waals surface area contributed by atoms with Crippen molar-refractivity contribution in [3.8, 4) is 0 Å². The normalized spacial score (nSPS) is 28.0. The SMILES string of the molecule is O=C(c1ccc(F)cc1)N1CCN2C[C@H](OCC3CC3)C[C@@H]2C1. The van der Waals surface area contributed by atoms with Gasteiger partial charge in [-0.1, -0.05) is 0 Å². The highest BCUT2D eigenvalue weighted by Gasteiger charge is 2.38. The number of hydrogen-bond acceptors (Lipinski definition) is 3. The molecule has 2 atom stereocenters. The molecule has 23 heavy (non-hydrogen) atoms. The first-order valence-corrected chi connectivity index (χ1v) is 8.59. The van der Waals surface area contributed by atoms with E-state index in [0.29, 0.717) is 17.7 Å². The summed E-state index contributed by atoms with van der Waals surface area (Å²) in [4.78, 5) is 16.9. The number of hydrogen-bond donors (Lipinski definition) is 0. The van der Waals surface area contributed by atoms with E-state index in [1.807, 2.05) is 4.90 Å². The van der Waals surface area contributed by atoms with Gasteiger partial charge in [-0.05, 0) is 49.4 Å². The molecule has 2 heterocycles. The number of ether oxygens (including phenoxy) is 1. The Labute approximate surface area is 136 Å². The first-order valence-electron chi connectivity index (χ1n) is 8.59. The van der Waals surface area contributed by atoms with E-state index < -0.39 is 0 Å². The summed E-state index contributed by atoms with van der Waals surface area (Å²) in [7, 11) is 0. The molecule has 0 spiro atoms. The maximum absolute atomic E-state index is 13.0. The van der Waals surface area contributed by atoms with E-state index in [9.17, 15) is 9.18 Å². The van der Waals surface area contributed by atoms with Crippen molar-refractivity contribution in [3.05, 3.63) is 35.6 Å². The first kappa shape index (κ1) is 15.1. The third kappa shape index (κ3) is 3.40. The van der Waals surface area contributed by atoms with Gasteiger partial charge in [0.05, 0.1) is 6.10 Å². The van der Waals surface area contributed by atoms with Crippen molar-refractivity contribution in [2.45, 2.75) is 31.4 Å². The fraction of sp³-hybridized carbons (Fsp3) is 0.611. The highest BCUT2D eigenvalue weighted by molar-refractivity contribution is 5.94. The van der Waals surface area contributed by atoms with Crippen LogP contribution in [-0.4, -0.2) is 60.6 Å². The Morgan fingerprint density at radius 1 is 1.17 bits per heavy atom. The van der Waals surface area contributed by atoms with E-state index in [4.69, 9.17) is 4.74 Å². The van der Waals surface area contributed by atoms with E-state index >= 15 is 0 Å². The molecule has 3 fully saturated rings. The molecule has 0 bridgehead atoms. The fourth-order valence-corrected chi connectivity index (χ4v) is 3.63. The molecule has 1 aromatic carbocycles. The lowest BCUT2D eigenvalue weighted by Crippen LogP contribution is -2.52. The summed E-state index contributed by atoms with van der Waals surface area (Å²) in [6.07, 6.45) is 3.97. The van der Waals surface area contributed by atoms with E-state index in [0.717, 1.165) is 45.1 Å². The third-order valence-electron chi connectivity index (χ3n) is 5.22. The average molecular weight is 318 g/mol. The Bertz CT molecular complexity index is 573. The lowest BCUT2D eigenvalue weighted by Gasteiger charge is -2.37. The largest absolute Gasteiger partial charge is 0.377 e. The van der Waals surface area contributed by atoms with Gasteiger partial charge in [0.15, 0.2) is 0 Å². The Morgan fingerprint density at radius 2 is 1.96 bits per heavy atom. The Balaban J connectivity index is 1.34. The van der Waals surface area contributed by atoms with Crippen molar-refractivity contribution in [2.75, 3.05) is 32.8 Å². The predicted molar refractivity (Wildman–Crippen MR) is 84.7 cm³/mol. The van der Waals surface area contributed by atoms with E-state index in [1.54, 1.807) is 12.1 Å². The highest BCUT2D eigenvalue weighted by atomic mass is 19.1. The molecule has 0 unspecified atom stereocenters. The van der Waals surface area contributed by atoms with E-state index in [-0.39, 0.29) is 11.7 Å². The van der Waals surface area contributed by atoms with Gasteiger partial charge in [0.1, 0.15) is 5.82 Å². The number of carbonyl (C=O) groups excluding carboxylic acids is 1. The monoisotopic (exact) mass is 318 g/mol. The molecule has 4 rings (SSSR count). The molecule has 1 aliphatic carbocycles. The van der Waals surface area contributed by atoms with Crippen LogP contribution >= 0.6 is 0 Å². The summed E-state index contributed by atoms with van der Waals surface area (Å²) in [6.45, 7) is 4.29. The molecule has 5 heteroatoms. The van der Waals surface area contributed by atoms with E-state index in [2.05, 4.69) is 4.90 Å². The van der Waals surface area contributed by atoms with Gasteiger partial charge >= 0.3 is 0 Å². The van der Waals surface area contributed by atoms with Gasteiger partial charge in [0, 0.05) is 44.4 Å². The Hall–Kier alpha value is -1.46. The average Bonchev–Trinajstić information content (AvgIpc) is 3.30. The summed E-state index contributed by atoms with van der Waals surface area (Å²) < 4.78 is 19.0. The lowest BCUT2D eigenvalue weighted by atomic mass is 10.1. The minimum absolute atomic E-state index is 0.00648. The number of rotatable bonds is 4. The molecule has 0 radical (unpaired) electrons. The number of nitrogens with zero attached hydrogens (tertiary/aromatic N) is 2. The molecule has 2 aliphatic heterocycles. The fourth-order valence-electron chi connectivity index (χ4n) is 3.63. The topological polar surface area (TPSA) is 32.8 Å². The van der Waals surface area contributed by atoms with Crippen LogP contribution in [0.4, 0.5) is 4.39 Å². The quantitative estimate of drug-likeness (QED) is 0.853. The van der Waals surface area contributed by atoms with Crippen LogP contribution in [0, 0.1) is 11.7 Å². The lowest BCUT2D eigenvalue weighted by molar-refractivity contribution is 0.0492. The number of carbonyl (C=O) groups is 1. The predicted octanol–water partition coefficient (Wildman–Crippen LogP) is 2.15. The van der Waals surface area contributed by atoms with Crippen molar-refractivity contribution in [1.82, 2.24) is 9.80 Å². The molecule has 0 N–H and O–H groups in total. The number of piperazine rings is 1. The zero-order chi connectivity index (χ0) is 15.8. The number of amides is 1. The minimum atomic E-state index is -0.308. The molecular formula is C18H23FN2O2. The summed E-state index contributed by atoms with van der Waals surface area (Å²) in [5, 5.41) is 0. The molecule has 4 nitrogen and oxygen atoms in total. The van der Waals surface area contributed by atoms with Gasteiger partial charge < -0.3 is 9.64 Å². The summed E-state index contributed by atoms with van der Waals surface area (Å²) >= 11 is 0. The van der Waals surface area contributed by atoms with Gasteiger partial charge in [-0.15, -0.1) is 0 Å². The Morgan fingerprint density at radius 3 is 2.70 bits per heavy atom. The molecule has 0 aromatic heterocycles. The summed E-state index contributed by atoms with van der Waals surface area (Å²) in [5.41, 5.74) is 0.569. The second-order valence-corrected chi connectivity index (χ2v) is 7.04. The highest BCUT2D eigenvalue weighted by Crippen LogP contribution is 2.31. The molecule has 3 aliphatic rings. The van der Waals surface area contributed by atoms with Gasteiger partial charge in [-0.2, -0.15) is 0 Å². The third-order valence-corrected chi connectivity index (χ3v) is 5.22. The number of benzene rings is 1. The molecule has 1 amide bonds. The van der Waals surface area contributed by atoms with Crippen LogP contribution in [0.3, 0.4) is 0 Å². The molecule has 1 saturated carbocycles. The van der Waals surface area contributed by atoms with Crippen molar-refractivity contribution in [3.63, 3.8) is 0 Å². The van der Waals surface area contributed by atoms with Gasteiger partial charge in [0.25, 0.3) is 5.91 Å². The summed E-state index contributed by atoms with van der Waals surface area (Å²) in [6, 6.07) is 6.24. The van der Waals surface area contributed by atoms with Gasteiger partial charge in [-0.25, -0.2) is 4.39 Å². The van der Waals surface area contributed by atoms with E-state index in [1.165, 1.54) is 25.0 Å².